The summed E-state index contributed by atoms with van der Waals surface area (Å²) in [5.41, 5.74) is 2.57. The second-order valence-electron chi connectivity index (χ2n) is 5.90. The van der Waals surface area contributed by atoms with Crippen LogP contribution in [0.25, 0.3) is 16.7 Å². The zero-order chi connectivity index (χ0) is 19.7. The summed E-state index contributed by atoms with van der Waals surface area (Å²) in [4.78, 5) is 24.2. The first-order valence-electron chi connectivity index (χ1n) is 8.19. The number of hydrogen-bond donors (Lipinski definition) is 1. The Hall–Kier alpha value is -3.78. The van der Waals surface area contributed by atoms with Gasteiger partial charge in [0.05, 0.1) is 21.2 Å². The molecule has 0 aliphatic heterocycles. The third kappa shape index (κ3) is 3.40. The normalized spacial score (nSPS) is 10.8. The summed E-state index contributed by atoms with van der Waals surface area (Å²) >= 11 is 6.01. The monoisotopic (exact) mass is 393 g/mol. The molecule has 4 aromatic rings. The van der Waals surface area contributed by atoms with Crippen LogP contribution in [0, 0.1) is 10.1 Å². The van der Waals surface area contributed by atoms with E-state index in [4.69, 9.17) is 11.6 Å². The molecule has 0 radical (unpaired) electrons. The van der Waals surface area contributed by atoms with Crippen LogP contribution < -0.4 is 5.32 Å². The minimum Gasteiger partial charge on any atom is -0.322 e. The number of fused-ring (bicyclic) bond motifs is 1. The fourth-order valence-electron chi connectivity index (χ4n) is 2.67. The molecule has 0 saturated carbocycles. The number of anilines is 1. The van der Waals surface area contributed by atoms with E-state index in [0.717, 1.165) is 11.8 Å². The van der Waals surface area contributed by atoms with E-state index >= 15 is 0 Å². The van der Waals surface area contributed by atoms with E-state index in [1.165, 1.54) is 16.9 Å². The Morgan fingerprint density at radius 3 is 2.46 bits per heavy atom. The van der Waals surface area contributed by atoms with Crippen LogP contribution in [0.2, 0.25) is 5.02 Å². The fraction of sp³-hybridized carbons (Fsp3) is 0. The Kier molecular flexibility index (Phi) is 4.46. The Morgan fingerprint density at radius 1 is 1.00 bits per heavy atom. The Labute approximate surface area is 163 Å². The maximum absolute atomic E-state index is 12.5. The molecule has 0 bridgehead atoms. The fourth-order valence-corrected chi connectivity index (χ4v) is 2.93. The van der Waals surface area contributed by atoms with Gasteiger partial charge in [0.15, 0.2) is 0 Å². The van der Waals surface area contributed by atoms with Gasteiger partial charge in [-0.25, -0.2) is 0 Å². The van der Waals surface area contributed by atoms with Gasteiger partial charge in [-0.1, -0.05) is 29.8 Å². The van der Waals surface area contributed by atoms with Crippen molar-refractivity contribution < 1.29 is 9.72 Å². The minimum absolute atomic E-state index is 0.00259. The van der Waals surface area contributed by atoms with E-state index in [1.807, 2.05) is 30.3 Å². The maximum atomic E-state index is 12.5. The SMILES string of the molecule is O=C(Nc1ccc2nn(-c3ccccc3)nc2c1)c1ccc([N+](=O)[O-])cc1Cl. The first kappa shape index (κ1) is 17.6. The molecule has 28 heavy (non-hydrogen) atoms. The van der Waals surface area contributed by atoms with Gasteiger partial charge in [-0.15, -0.1) is 10.2 Å². The number of carbonyl (C=O) groups excluding carboxylic acids is 1. The lowest BCUT2D eigenvalue weighted by Crippen LogP contribution is -2.12. The molecule has 8 nitrogen and oxygen atoms in total. The summed E-state index contributed by atoms with van der Waals surface area (Å²) in [6.45, 7) is 0. The van der Waals surface area contributed by atoms with Crippen LogP contribution in [0.3, 0.4) is 0 Å². The Balaban J connectivity index is 1.59. The van der Waals surface area contributed by atoms with Gasteiger partial charge in [0.1, 0.15) is 11.0 Å². The quantitative estimate of drug-likeness (QED) is 0.412. The number of nitro groups is 1. The van der Waals surface area contributed by atoms with Gasteiger partial charge in [0.2, 0.25) is 0 Å². The van der Waals surface area contributed by atoms with E-state index in [2.05, 4.69) is 15.5 Å². The number of halogens is 1. The number of para-hydroxylation sites is 1. The topological polar surface area (TPSA) is 103 Å². The predicted octanol–water partition coefficient (Wildman–Crippen LogP) is 4.23. The highest BCUT2D eigenvalue weighted by Crippen LogP contribution is 2.24. The largest absolute Gasteiger partial charge is 0.322 e. The lowest BCUT2D eigenvalue weighted by molar-refractivity contribution is -0.384. The van der Waals surface area contributed by atoms with Crippen molar-refractivity contribution >= 4 is 39.9 Å². The number of nitro benzene ring substituents is 1. The Bertz CT molecular complexity index is 1210. The van der Waals surface area contributed by atoms with Gasteiger partial charge in [0, 0.05) is 17.8 Å². The molecule has 1 N–H and O–H groups in total. The van der Waals surface area contributed by atoms with Crippen molar-refractivity contribution in [2.75, 3.05) is 5.32 Å². The summed E-state index contributed by atoms with van der Waals surface area (Å²) in [6, 6.07) is 18.3. The number of nitrogens with zero attached hydrogens (tertiary/aromatic N) is 4. The van der Waals surface area contributed by atoms with Gasteiger partial charge in [-0.05, 0) is 36.4 Å². The first-order valence-corrected chi connectivity index (χ1v) is 8.57. The minimum atomic E-state index is -0.572. The molecule has 9 heteroatoms. The molecule has 0 aliphatic rings. The molecule has 4 rings (SSSR count). The summed E-state index contributed by atoms with van der Waals surface area (Å²) in [5, 5.41) is 22.3. The molecule has 0 unspecified atom stereocenters. The van der Waals surface area contributed by atoms with Gasteiger partial charge < -0.3 is 5.32 Å². The number of non-ortho nitro benzene ring substituents is 1. The third-order valence-electron chi connectivity index (χ3n) is 4.03. The number of rotatable bonds is 4. The van der Waals surface area contributed by atoms with Crippen LogP contribution >= 0.6 is 11.6 Å². The molecule has 0 aliphatic carbocycles. The molecule has 138 valence electrons. The van der Waals surface area contributed by atoms with Crippen LogP contribution in [0.15, 0.2) is 66.7 Å². The standard InChI is InChI=1S/C19H12ClN5O3/c20-16-11-14(25(27)28)7-8-15(16)19(26)21-12-6-9-17-18(10-12)23-24(22-17)13-4-2-1-3-5-13/h1-11H,(H,21,26). The van der Waals surface area contributed by atoms with Gasteiger partial charge >= 0.3 is 0 Å². The number of nitrogens with one attached hydrogen (secondary N) is 1. The summed E-state index contributed by atoms with van der Waals surface area (Å²) < 4.78 is 0. The lowest BCUT2D eigenvalue weighted by atomic mass is 10.2. The molecule has 3 aromatic carbocycles. The predicted molar refractivity (Wildman–Crippen MR) is 105 cm³/mol. The molecule has 1 aromatic heterocycles. The molecule has 1 heterocycles. The van der Waals surface area contributed by atoms with Crippen molar-refractivity contribution in [3.63, 3.8) is 0 Å². The van der Waals surface area contributed by atoms with Crippen LogP contribution in [-0.2, 0) is 0 Å². The molecular weight excluding hydrogens is 382 g/mol. The third-order valence-corrected chi connectivity index (χ3v) is 4.35. The molecule has 1 amide bonds. The number of carbonyl (C=O) groups is 1. The van der Waals surface area contributed by atoms with Crippen LogP contribution in [-0.4, -0.2) is 25.8 Å². The molecule has 0 fully saturated rings. The average molecular weight is 394 g/mol. The zero-order valence-corrected chi connectivity index (χ0v) is 15.0. The van der Waals surface area contributed by atoms with Crippen molar-refractivity contribution in [1.29, 1.82) is 0 Å². The van der Waals surface area contributed by atoms with Crippen LogP contribution in [0.4, 0.5) is 11.4 Å². The lowest BCUT2D eigenvalue weighted by Gasteiger charge is -2.06. The molecule has 0 saturated heterocycles. The highest BCUT2D eigenvalue weighted by atomic mass is 35.5. The van der Waals surface area contributed by atoms with Gasteiger partial charge in [-0.3, -0.25) is 14.9 Å². The maximum Gasteiger partial charge on any atom is 0.270 e. The highest BCUT2D eigenvalue weighted by molar-refractivity contribution is 6.34. The molecular formula is C19H12ClN5O3. The van der Waals surface area contributed by atoms with E-state index in [-0.39, 0.29) is 16.3 Å². The van der Waals surface area contributed by atoms with E-state index in [0.29, 0.717) is 16.7 Å². The van der Waals surface area contributed by atoms with E-state index in [1.54, 1.807) is 18.2 Å². The molecule has 0 spiro atoms. The summed E-state index contributed by atoms with van der Waals surface area (Å²) in [7, 11) is 0. The smallest absolute Gasteiger partial charge is 0.270 e. The average Bonchev–Trinajstić information content (AvgIpc) is 3.12. The second-order valence-corrected chi connectivity index (χ2v) is 6.31. The highest BCUT2D eigenvalue weighted by Gasteiger charge is 2.15. The molecule has 0 atom stereocenters. The van der Waals surface area contributed by atoms with Crippen molar-refractivity contribution in [2.24, 2.45) is 0 Å². The van der Waals surface area contributed by atoms with Crippen molar-refractivity contribution in [2.45, 2.75) is 0 Å². The van der Waals surface area contributed by atoms with Crippen LogP contribution in [0.5, 0.6) is 0 Å². The Morgan fingerprint density at radius 2 is 1.75 bits per heavy atom. The van der Waals surface area contributed by atoms with Crippen molar-refractivity contribution in [1.82, 2.24) is 15.0 Å². The second kappa shape index (κ2) is 7.09. The van der Waals surface area contributed by atoms with Gasteiger partial charge in [-0.2, -0.15) is 4.80 Å². The number of hydrogen-bond acceptors (Lipinski definition) is 5. The summed E-state index contributed by atoms with van der Waals surface area (Å²) in [5.74, 6) is -0.477. The van der Waals surface area contributed by atoms with Gasteiger partial charge in [0.25, 0.3) is 11.6 Å². The van der Waals surface area contributed by atoms with E-state index in [9.17, 15) is 14.9 Å². The first-order chi connectivity index (χ1) is 13.5. The number of aromatic nitrogens is 3. The number of amides is 1. The van der Waals surface area contributed by atoms with E-state index < -0.39 is 10.8 Å². The summed E-state index contributed by atoms with van der Waals surface area (Å²) in [6.07, 6.45) is 0. The van der Waals surface area contributed by atoms with Crippen molar-refractivity contribution in [3.05, 3.63) is 87.4 Å². The van der Waals surface area contributed by atoms with Crippen molar-refractivity contribution in [3.8, 4) is 5.69 Å². The van der Waals surface area contributed by atoms with Crippen LogP contribution in [0.1, 0.15) is 10.4 Å². The zero-order valence-electron chi connectivity index (χ0n) is 14.2. The number of benzene rings is 3.